The van der Waals surface area contributed by atoms with Crippen molar-refractivity contribution in [2.24, 2.45) is 0 Å². The fourth-order valence-corrected chi connectivity index (χ4v) is 2.73. The molecule has 5 heteroatoms. The van der Waals surface area contributed by atoms with Crippen LogP contribution in [-0.4, -0.2) is 46.1 Å². The number of rotatable bonds is 4. The zero-order valence-corrected chi connectivity index (χ0v) is 12.5. The second kappa shape index (κ2) is 7.11. The molecule has 2 saturated heterocycles. The minimum absolute atomic E-state index is 0.0878. The van der Waals surface area contributed by atoms with Crippen molar-refractivity contribution in [1.82, 2.24) is 5.32 Å². The van der Waals surface area contributed by atoms with Gasteiger partial charge in [-0.25, -0.2) is 0 Å². The Morgan fingerprint density at radius 1 is 1.14 bits per heavy atom. The Kier molecular flexibility index (Phi) is 4.95. The molecule has 1 unspecified atom stereocenters. The third-order valence-electron chi connectivity index (χ3n) is 3.95. The number of benzene rings is 1. The first-order valence-corrected chi connectivity index (χ1v) is 7.61. The largest absolute Gasteiger partial charge is 0.493 e. The maximum absolute atomic E-state index is 6.06. The zero-order valence-electron chi connectivity index (χ0n) is 12.5. The molecular formula is C16H23NO4. The van der Waals surface area contributed by atoms with Gasteiger partial charge in [0.15, 0.2) is 11.5 Å². The van der Waals surface area contributed by atoms with Crippen LogP contribution in [0.4, 0.5) is 0 Å². The number of methoxy groups -OCH3 is 1. The van der Waals surface area contributed by atoms with Crippen LogP contribution in [0.25, 0.3) is 0 Å². The van der Waals surface area contributed by atoms with Crippen molar-refractivity contribution >= 4 is 0 Å². The van der Waals surface area contributed by atoms with Crippen LogP contribution in [0.5, 0.6) is 11.5 Å². The molecule has 2 fully saturated rings. The van der Waals surface area contributed by atoms with Crippen LogP contribution in [0, 0.1) is 0 Å². The molecule has 21 heavy (non-hydrogen) atoms. The molecule has 1 atom stereocenters. The van der Waals surface area contributed by atoms with Gasteiger partial charge in [0.2, 0.25) is 0 Å². The molecule has 2 aliphatic heterocycles. The molecule has 0 amide bonds. The Balaban J connectivity index is 1.71. The summed E-state index contributed by atoms with van der Waals surface area (Å²) in [5.41, 5.74) is 1.12. The highest BCUT2D eigenvalue weighted by atomic mass is 16.5. The third kappa shape index (κ3) is 3.67. The van der Waals surface area contributed by atoms with Gasteiger partial charge >= 0.3 is 0 Å². The summed E-state index contributed by atoms with van der Waals surface area (Å²) in [6, 6.07) is 6.07. The summed E-state index contributed by atoms with van der Waals surface area (Å²) in [6.45, 7) is 4.04. The van der Waals surface area contributed by atoms with Gasteiger partial charge < -0.3 is 24.3 Å². The van der Waals surface area contributed by atoms with Crippen molar-refractivity contribution in [3.05, 3.63) is 23.8 Å². The SMILES string of the molecule is COc1cc(C2CNCCO2)ccc1OC1CCOCC1. The van der Waals surface area contributed by atoms with Gasteiger partial charge in [0.05, 0.1) is 33.0 Å². The first kappa shape index (κ1) is 14.6. The summed E-state index contributed by atoms with van der Waals surface area (Å²) >= 11 is 0. The van der Waals surface area contributed by atoms with Gasteiger partial charge in [-0.3, -0.25) is 0 Å². The van der Waals surface area contributed by atoms with E-state index in [1.165, 1.54) is 0 Å². The van der Waals surface area contributed by atoms with E-state index < -0.39 is 0 Å². The first-order chi connectivity index (χ1) is 10.4. The van der Waals surface area contributed by atoms with Gasteiger partial charge in [-0.2, -0.15) is 0 Å². The number of ether oxygens (including phenoxy) is 4. The van der Waals surface area contributed by atoms with Gasteiger partial charge in [0, 0.05) is 25.9 Å². The zero-order chi connectivity index (χ0) is 14.5. The highest BCUT2D eigenvalue weighted by molar-refractivity contribution is 5.44. The van der Waals surface area contributed by atoms with Crippen molar-refractivity contribution in [2.45, 2.75) is 25.0 Å². The highest BCUT2D eigenvalue weighted by Gasteiger charge is 2.20. The average Bonchev–Trinajstić information content (AvgIpc) is 2.57. The molecule has 5 nitrogen and oxygen atoms in total. The van der Waals surface area contributed by atoms with E-state index >= 15 is 0 Å². The summed E-state index contributed by atoms with van der Waals surface area (Å²) in [5, 5.41) is 3.34. The maximum atomic E-state index is 6.06. The van der Waals surface area contributed by atoms with E-state index in [-0.39, 0.29) is 12.2 Å². The molecular weight excluding hydrogens is 270 g/mol. The van der Waals surface area contributed by atoms with Crippen LogP contribution in [0.2, 0.25) is 0 Å². The van der Waals surface area contributed by atoms with Crippen molar-refractivity contribution in [3.63, 3.8) is 0 Å². The molecule has 1 N–H and O–H groups in total. The Bertz CT molecular complexity index is 454. The maximum Gasteiger partial charge on any atom is 0.161 e. The lowest BCUT2D eigenvalue weighted by Gasteiger charge is -2.26. The van der Waals surface area contributed by atoms with Crippen molar-refractivity contribution in [2.75, 3.05) is 40.0 Å². The van der Waals surface area contributed by atoms with E-state index in [4.69, 9.17) is 18.9 Å². The van der Waals surface area contributed by atoms with E-state index in [0.717, 1.165) is 62.8 Å². The molecule has 2 aliphatic rings. The Hall–Kier alpha value is -1.30. The smallest absolute Gasteiger partial charge is 0.161 e. The van der Waals surface area contributed by atoms with Crippen molar-refractivity contribution < 1.29 is 18.9 Å². The summed E-state index contributed by atoms with van der Waals surface area (Å²) in [5.74, 6) is 1.57. The Morgan fingerprint density at radius 2 is 2.00 bits per heavy atom. The second-order valence-corrected chi connectivity index (χ2v) is 5.40. The molecule has 0 spiro atoms. The molecule has 0 radical (unpaired) electrons. The fraction of sp³-hybridized carbons (Fsp3) is 0.625. The minimum Gasteiger partial charge on any atom is -0.493 e. The van der Waals surface area contributed by atoms with Crippen LogP contribution >= 0.6 is 0 Å². The van der Waals surface area contributed by atoms with Crippen LogP contribution in [0.3, 0.4) is 0 Å². The molecule has 1 aromatic carbocycles. The van der Waals surface area contributed by atoms with E-state index in [9.17, 15) is 0 Å². The Morgan fingerprint density at radius 3 is 2.71 bits per heavy atom. The standard InChI is InChI=1S/C16H23NO4/c1-18-15-10-12(16-11-17-6-9-20-16)2-3-14(15)21-13-4-7-19-8-5-13/h2-3,10,13,16-17H,4-9,11H2,1H3. The van der Waals surface area contributed by atoms with Crippen LogP contribution in [0.15, 0.2) is 18.2 Å². The van der Waals surface area contributed by atoms with Crippen LogP contribution < -0.4 is 14.8 Å². The summed E-state index contributed by atoms with van der Waals surface area (Å²) in [7, 11) is 1.68. The summed E-state index contributed by atoms with van der Waals surface area (Å²) in [6.07, 6.45) is 2.16. The average molecular weight is 293 g/mol. The first-order valence-electron chi connectivity index (χ1n) is 7.61. The minimum atomic E-state index is 0.0878. The molecule has 0 aromatic heterocycles. The van der Waals surface area contributed by atoms with Crippen molar-refractivity contribution in [1.29, 1.82) is 0 Å². The fourth-order valence-electron chi connectivity index (χ4n) is 2.73. The van der Waals surface area contributed by atoms with Gasteiger partial charge in [-0.1, -0.05) is 6.07 Å². The number of hydrogen-bond acceptors (Lipinski definition) is 5. The van der Waals surface area contributed by atoms with Crippen LogP contribution in [-0.2, 0) is 9.47 Å². The molecule has 116 valence electrons. The van der Waals surface area contributed by atoms with Gasteiger partial charge in [-0.05, 0) is 17.7 Å². The lowest BCUT2D eigenvalue weighted by molar-refractivity contribution is 0.0236. The number of hydrogen-bond donors (Lipinski definition) is 1. The lowest BCUT2D eigenvalue weighted by atomic mass is 10.1. The van der Waals surface area contributed by atoms with E-state index in [1.807, 2.05) is 12.1 Å². The van der Waals surface area contributed by atoms with Gasteiger partial charge in [0.25, 0.3) is 0 Å². The molecule has 0 bridgehead atoms. The van der Waals surface area contributed by atoms with Crippen molar-refractivity contribution in [3.8, 4) is 11.5 Å². The number of morpholine rings is 1. The predicted octanol–water partition coefficient (Wildman–Crippen LogP) is 1.91. The summed E-state index contributed by atoms with van der Waals surface area (Å²) < 4.78 is 22.7. The molecule has 0 saturated carbocycles. The summed E-state index contributed by atoms with van der Waals surface area (Å²) in [4.78, 5) is 0. The number of nitrogens with one attached hydrogen (secondary N) is 1. The molecule has 2 heterocycles. The second-order valence-electron chi connectivity index (χ2n) is 5.40. The third-order valence-corrected chi connectivity index (χ3v) is 3.95. The topological polar surface area (TPSA) is 49.0 Å². The van der Waals surface area contributed by atoms with Crippen LogP contribution in [0.1, 0.15) is 24.5 Å². The van der Waals surface area contributed by atoms with E-state index in [0.29, 0.717) is 0 Å². The normalized spacial score (nSPS) is 23.8. The van der Waals surface area contributed by atoms with E-state index in [1.54, 1.807) is 7.11 Å². The Labute approximate surface area is 125 Å². The molecule has 0 aliphatic carbocycles. The monoisotopic (exact) mass is 293 g/mol. The van der Waals surface area contributed by atoms with Gasteiger partial charge in [-0.15, -0.1) is 0 Å². The predicted molar refractivity (Wildman–Crippen MR) is 79.0 cm³/mol. The highest BCUT2D eigenvalue weighted by Crippen LogP contribution is 2.33. The molecule has 1 aromatic rings. The quantitative estimate of drug-likeness (QED) is 0.919. The van der Waals surface area contributed by atoms with Gasteiger partial charge in [0.1, 0.15) is 6.10 Å². The lowest BCUT2D eigenvalue weighted by Crippen LogP contribution is -2.33. The molecule has 3 rings (SSSR count). The van der Waals surface area contributed by atoms with E-state index in [2.05, 4.69) is 11.4 Å².